The number of aromatic nitrogens is 3. The Balaban J connectivity index is 1.84. The molecule has 2 aromatic carbocycles. The molecule has 6 heteroatoms. The summed E-state index contributed by atoms with van der Waals surface area (Å²) in [7, 11) is 1.63. The standard InChI is InChI=1S/C19H20N4O2/c1-14-12-23(22-21-14)13-18(24)20-19(15-7-4-3-5-8-15)16-9-6-10-17(11-16)25-2/h3-12,19H,13H2,1-2H3,(H,20,24)/t19-/m0/s1. The van der Waals surface area contributed by atoms with Crippen LogP contribution < -0.4 is 10.1 Å². The number of carbonyl (C=O) groups excluding carboxylic acids is 1. The van der Waals surface area contributed by atoms with E-state index in [-0.39, 0.29) is 18.5 Å². The number of hydrogen-bond donors (Lipinski definition) is 1. The van der Waals surface area contributed by atoms with E-state index in [9.17, 15) is 4.79 Å². The first-order valence-corrected chi connectivity index (χ1v) is 8.00. The molecule has 0 fully saturated rings. The summed E-state index contributed by atoms with van der Waals surface area (Å²) in [5.74, 6) is 0.612. The zero-order valence-electron chi connectivity index (χ0n) is 14.2. The Kier molecular flexibility index (Phi) is 5.09. The third-order valence-electron chi connectivity index (χ3n) is 3.82. The number of nitrogens with one attached hydrogen (secondary N) is 1. The Bertz CT molecular complexity index is 845. The molecule has 0 unspecified atom stereocenters. The highest BCUT2D eigenvalue weighted by Gasteiger charge is 2.18. The molecule has 0 saturated heterocycles. The lowest BCUT2D eigenvalue weighted by atomic mass is 9.98. The average molecular weight is 336 g/mol. The molecular formula is C19H20N4O2. The van der Waals surface area contributed by atoms with Crippen molar-refractivity contribution in [2.24, 2.45) is 0 Å². The summed E-state index contributed by atoms with van der Waals surface area (Å²) in [6, 6.07) is 17.3. The highest BCUT2D eigenvalue weighted by molar-refractivity contribution is 5.76. The van der Waals surface area contributed by atoms with Crippen LogP contribution in [0.3, 0.4) is 0 Å². The van der Waals surface area contributed by atoms with Gasteiger partial charge in [0.05, 0.1) is 18.8 Å². The molecule has 3 rings (SSSR count). The molecule has 1 N–H and O–H groups in total. The van der Waals surface area contributed by atoms with Gasteiger partial charge in [0.25, 0.3) is 0 Å². The zero-order chi connectivity index (χ0) is 17.6. The van der Waals surface area contributed by atoms with E-state index in [4.69, 9.17) is 4.74 Å². The van der Waals surface area contributed by atoms with Crippen molar-refractivity contribution >= 4 is 5.91 Å². The fraction of sp³-hybridized carbons (Fsp3) is 0.211. The van der Waals surface area contributed by atoms with Crippen LogP contribution in [0, 0.1) is 6.92 Å². The normalized spacial score (nSPS) is 11.8. The van der Waals surface area contributed by atoms with E-state index in [1.54, 1.807) is 13.3 Å². The lowest BCUT2D eigenvalue weighted by molar-refractivity contribution is -0.122. The first kappa shape index (κ1) is 16.7. The maximum atomic E-state index is 12.5. The smallest absolute Gasteiger partial charge is 0.242 e. The fourth-order valence-corrected chi connectivity index (χ4v) is 2.65. The molecule has 0 aliphatic rings. The van der Waals surface area contributed by atoms with Crippen molar-refractivity contribution in [2.45, 2.75) is 19.5 Å². The summed E-state index contributed by atoms with van der Waals surface area (Å²) in [6.45, 7) is 1.96. The second-order valence-electron chi connectivity index (χ2n) is 5.75. The van der Waals surface area contributed by atoms with Gasteiger partial charge in [-0.3, -0.25) is 4.79 Å². The van der Waals surface area contributed by atoms with Crippen molar-refractivity contribution in [3.8, 4) is 5.75 Å². The number of aryl methyl sites for hydroxylation is 1. The maximum Gasteiger partial charge on any atom is 0.242 e. The third kappa shape index (κ3) is 4.23. The Hall–Kier alpha value is -3.15. The van der Waals surface area contributed by atoms with Crippen molar-refractivity contribution < 1.29 is 9.53 Å². The molecule has 0 aliphatic carbocycles. The van der Waals surface area contributed by atoms with Crippen LogP contribution in [0.1, 0.15) is 22.9 Å². The molecule has 1 atom stereocenters. The van der Waals surface area contributed by atoms with Gasteiger partial charge in [0.15, 0.2) is 0 Å². The summed E-state index contributed by atoms with van der Waals surface area (Å²) in [5, 5.41) is 10.9. The Morgan fingerprint density at radius 2 is 1.92 bits per heavy atom. The van der Waals surface area contributed by atoms with Crippen LogP contribution in [0.4, 0.5) is 0 Å². The Labute approximate surface area is 146 Å². The van der Waals surface area contributed by atoms with E-state index in [2.05, 4.69) is 15.6 Å². The monoisotopic (exact) mass is 336 g/mol. The minimum Gasteiger partial charge on any atom is -0.497 e. The third-order valence-corrected chi connectivity index (χ3v) is 3.82. The molecular weight excluding hydrogens is 316 g/mol. The average Bonchev–Trinajstić information content (AvgIpc) is 3.05. The van der Waals surface area contributed by atoms with E-state index in [0.717, 1.165) is 22.6 Å². The van der Waals surface area contributed by atoms with Gasteiger partial charge >= 0.3 is 0 Å². The van der Waals surface area contributed by atoms with Crippen molar-refractivity contribution in [3.05, 3.63) is 77.6 Å². The molecule has 0 bridgehead atoms. The second-order valence-corrected chi connectivity index (χ2v) is 5.75. The molecule has 25 heavy (non-hydrogen) atoms. The van der Waals surface area contributed by atoms with E-state index < -0.39 is 0 Å². The molecule has 0 saturated carbocycles. The van der Waals surface area contributed by atoms with Gasteiger partial charge in [-0.25, -0.2) is 4.68 Å². The molecule has 1 amide bonds. The van der Waals surface area contributed by atoms with E-state index in [1.165, 1.54) is 4.68 Å². The number of hydrogen-bond acceptors (Lipinski definition) is 4. The molecule has 6 nitrogen and oxygen atoms in total. The summed E-state index contributed by atoms with van der Waals surface area (Å²) in [4.78, 5) is 12.5. The highest BCUT2D eigenvalue weighted by Crippen LogP contribution is 2.25. The molecule has 1 aromatic heterocycles. The molecule has 0 spiro atoms. The first-order chi connectivity index (χ1) is 12.2. The highest BCUT2D eigenvalue weighted by atomic mass is 16.5. The molecule has 3 aromatic rings. The number of methoxy groups -OCH3 is 1. The second kappa shape index (κ2) is 7.61. The van der Waals surface area contributed by atoms with Gasteiger partial charge in [0, 0.05) is 6.20 Å². The van der Waals surface area contributed by atoms with Gasteiger partial charge < -0.3 is 10.1 Å². The zero-order valence-corrected chi connectivity index (χ0v) is 14.2. The Morgan fingerprint density at radius 3 is 2.60 bits per heavy atom. The fourth-order valence-electron chi connectivity index (χ4n) is 2.65. The minimum atomic E-state index is -0.270. The molecule has 0 radical (unpaired) electrons. The quantitative estimate of drug-likeness (QED) is 0.751. The van der Waals surface area contributed by atoms with Crippen LogP contribution in [0.25, 0.3) is 0 Å². The van der Waals surface area contributed by atoms with Crippen LogP contribution in [0.2, 0.25) is 0 Å². The van der Waals surface area contributed by atoms with Gasteiger partial charge in [-0.05, 0) is 30.2 Å². The summed E-state index contributed by atoms with van der Waals surface area (Å²) >= 11 is 0. The van der Waals surface area contributed by atoms with Crippen molar-refractivity contribution in [1.82, 2.24) is 20.3 Å². The van der Waals surface area contributed by atoms with Crippen LogP contribution in [0.15, 0.2) is 60.8 Å². The van der Waals surface area contributed by atoms with Crippen LogP contribution >= 0.6 is 0 Å². The van der Waals surface area contributed by atoms with E-state index >= 15 is 0 Å². The molecule has 0 aliphatic heterocycles. The summed E-state index contributed by atoms with van der Waals surface area (Å²) in [5.41, 5.74) is 2.73. The van der Waals surface area contributed by atoms with E-state index in [0.29, 0.717) is 0 Å². The number of carbonyl (C=O) groups is 1. The van der Waals surface area contributed by atoms with Gasteiger partial charge in [0.1, 0.15) is 12.3 Å². The van der Waals surface area contributed by atoms with Crippen molar-refractivity contribution in [2.75, 3.05) is 7.11 Å². The van der Waals surface area contributed by atoms with Gasteiger partial charge in [-0.1, -0.05) is 47.7 Å². The number of rotatable bonds is 6. The predicted octanol–water partition coefficient (Wildman–Crippen LogP) is 2.50. The topological polar surface area (TPSA) is 69.0 Å². The van der Waals surface area contributed by atoms with Crippen molar-refractivity contribution in [3.63, 3.8) is 0 Å². The van der Waals surface area contributed by atoms with Gasteiger partial charge in [-0.15, -0.1) is 5.10 Å². The number of nitrogens with zero attached hydrogens (tertiary/aromatic N) is 3. The van der Waals surface area contributed by atoms with Gasteiger partial charge in [-0.2, -0.15) is 0 Å². The lowest BCUT2D eigenvalue weighted by Gasteiger charge is -2.20. The molecule has 128 valence electrons. The number of benzene rings is 2. The predicted molar refractivity (Wildman–Crippen MR) is 94.2 cm³/mol. The Morgan fingerprint density at radius 1 is 1.16 bits per heavy atom. The summed E-state index contributed by atoms with van der Waals surface area (Å²) in [6.07, 6.45) is 1.74. The van der Waals surface area contributed by atoms with E-state index in [1.807, 2.05) is 61.5 Å². The first-order valence-electron chi connectivity index (χ1n) is 8.00. The minimum absolute atomic E-state index is 0.119. The number of ether oxygens (including phenoxy) is 1. The number of amides is 1. The van der Waals surface area contributed by atoms with Crippen LogP contribution in [0.5, 0.6) is 5.75 Å². The van der Waals surface area contributed by atoms with Crippen LogP contribution in [-0.2, 0) is 11.3 Å². The lowest BCUT2D eigenvalue weighted by Crippen LogP contribution is -2.32. The van der Waals surface area contributed by atoms with Gasteiger partial charge in [0.2, 0.25) is 5.91 Å². The summed E-state index contributed by atoms with van der Waals surface area (Å²) < 4.78 is 6.84. The van der Waals surface area contributed by atoms with Crippen molar-refractivity contribution in [1.29, 1.82) is 0 Å². The largest absolute Gasteiger partial charge is 0.497 e. The molecule has 1 heterocycles. The van der Waals surface area contributed by atoms with Crippen LogP contribution in [-0.4, -0.2) is 28.0 Å². The maximum absolute atomic E-state index is 12.5. The SMILES string of the molecule is COc1cccc([C@@H](NC(=O)Cn2cc(C)nn2)c2ccccc2)c1.